The summed E-state index contributed by atoms with van der Waals surface area (Å²) < 4.78 is 67.2. The number of ketones is 1. The van der Waals surface area contributed by atoms with E-state index in [4.69, 9.17) is 56.1 Å². The number of hydrogen-bond donors (Lipinski definition) is 9. The number of carbonyl (C=O) groups excluding carboxylic acids is 5. The number of rotatable bonds is 6. The molecule has 0 saturated heterocycles. The Balaban J connectivity index is 0.000000242. The van der Waals surface area contributed by atoms with E-state index in [1.807, 2.05) is 0 Å². The molecule has 0 aliphatic carbocycles. The average Bonchev–Trinajstić information content (AvgIpc) is 1.47. The number of nitrogens with zero attached hydrogens (tertiary/aromatic N) is 2. The van der Waals surface area contributed by atoms with Gasteiger partial charge in [0, 0.05) is 122 Å². The van der Waals surface area contributed by atoms with Crippen LogP contribution in [0.15, 0.2) is 126 Å². The Morgan fingerprint density at radius 2 is 1.02 bits per heavy atom. The number of benzene rings is 6. The number of aliphatic hydroxyl groups excluding tert-OH is 5. The molecule has 12 rings (SSSR count). The van der Waals surface area contributed by atoms with Crippen molar-refractivity contribution in [3.63, 3.8) is 0 Å². The lowest BCUT2D eigenvalue weighted by Crippen LogP contribution is -2.46. The molecule has 18 atom stereocenters. The van der Waals surface area contributed by atoms with Crippen molar-refractivity contribution in [3.05, 3.63) is 161 Å². The number of phenols is 2. The monoisotopic (exact) mass is 1730 g/mol. The van der Waals surface area contributed by atoms with Crippen molar-refractivity contribution in [2.24, 2.45) is 47.3 Å². The lowest BCUT2D eigenvalue weighted by molar-refractivity contribution is -0.161. The summed E-state index contributed by atoms with van der Waals surface area (Å²) in [5.74, 6) is -13.8. The fourth-order valence-corrected chi connectivity index (χ4v) is 17.4. The van der Waals surface area contributed by atoms with Gasteiger partial charge < -0.3 is 97.5 Å². The lowest BCUT2D eigenvalue weighted by atomic mass is 9.78. The number of amides is 2. The van der Waals surface area contributed by atoms with Crippen molar-refractivity contribution in [2.45, 2.75) is 217 Å². The number of anilines is 2. The minimum absolute atomic E-state index is 0.0128. The highest BCUT2D eigenvalue weighted by molar-refractivity contribution is 6.74. The summed E-state index contributed by atoms with van der Waals surface area (Å²) in [4.78, 5) is 119. The molecule has 6 aromatic carbocycles. The first kappa shape index (κ1) is 93.4. The van der Waals surface area contributed by atoms with E-state index in [0.29, 0.717) is 11.3 Å². The first-order chi connectivity index (χ1) is 58.0. The van der Waals surface area contributed by atoms with Crippen molar-refractivity contribution >= 4 is 121 Å². The summed E-state index contributed by atoms with van der Waals surface area (Å²) in [5.41, 5.74) is -2.03. The molecule has 8 aromatic rings. The van der Waals surface area contributed by atoms with Crippen LogP contribution in [0.25, 0.3) is 71.7 Å². The number of nitrogens with one attached hydrogen (secondary N) is 2. The Morgan fingerprint density at radius 3 is 1.53 bits per heavy atom. The molecule has 4 aliphatic heterocycles. The molecule has 0 spiro atoms. The first-order valence-electron chi connectivity index (χ1n) is 41.2. The number of aryl methyl sites for hydroxylation is 1. The highest BCUT2D eigenvalue weighted by Gasteiger charge is 2.51. The van der Waals surface area contributed by atoms with Gasteiger partial charge in [-0.1, -0.05) is 119 Å². The number of allylic oxidation sites excluding steroid dienone is 4. The van der Waals surface area contributed by atoms with E-state index in [1.165, 1.54) is 106 Å². The Morgan fingerprint density at radius 1 is 0.540 bits per heavy atom. The number of phenolic OH excluding ortho intramolecular Hbond substituents is 2. The van der Waals surface area contributed by atoms with Crippen molar-refractivity contribution in [1.29, 1.82) is 0 Å². The number of hydrogen-bond acceptors (Lipinski definition) is 28. The van der Waals surface area contributed by atoms with Gasteiger partial charge in [0.05, 0.1) is 70.7 Å². The molecular formula is C93H112N4O26Si. The normalized spacial score (nSPS) is 29.5. The van der Waals surface area contributed by atoms with E-state index < -0.39 is 179 Å². The number of ether oxygens (including phenoxy) is 8. The van der Waals surface area contributed by atoms with E-state index in [0.717, 1.165) is 0 Å². The number of para-hydroxylation sites is 1. The molecule has 8 bridgehead atoms. The number of aromatic hydroxyl groups is 2. The van der Waals surface area contributed by atoms with Gasteiger partial charge in [0.2, 0.25) is 10.9 Å². The van der Waals surface area contributed by atoms with Crippen molar-refractivity contribution in [3.8, 4) is 28.7 Å². The Kier molecular flexibility index (Phi) is 26.9. The van der Waals surface area contributed by atoms with Crippen molar-refractivity contribution in [2.75, 3.05) is 24.9 Å². The van der Waals surface area contributed by atoms with Gasteiger partial charge in [-0.05, 0) is 94.7 Å². The number of aromatic nitrogens is 2. The number of methoxy groups -OCH3 is 2. The van der Waals surface area contributed by atoms with Crippen LogP contribution in [0, 0.1) is 68.1 Å². The van der Waals surface area contributed by atoms with Crippen molar-refractivity contribution < 1.29 is 111 Å². The Labute approximate surface area is 717 Å². The van der Waals surface area contributed by atoms with E-state index in [-0.39, 0.29) is 127 Å². The largest absolute Gasteiger partial charge is 0.542 e. The third-order valence-electron chi connectivity index (χ3n) is 25.1. The maximum Gasteiger partial charge on any atom is 0.312 e. The third-order valence-corrected chi connectivity index (χ3v) is 29.4. The predicted octanol–water partition coefficient (Wildman–Crippen LogP) is 13.3. The average molecular weight is 1730 g/mol. The zero-order valence-electron chi connectivity index (χ0n) is 74.2. The zero-order valence-corrected chi connectivity index (χ0v) is 75.2. The van der Waals surface area contributed by atoms with E-state index in [2.05, 4.69) is 49.5 Å². The van der Waals surface area contributed by atoms with E-state index in [1.54, 1.807) is 118 Å². The van der Waals surface area contributed by atoms with Crippen LogP contribution < -0.4 is 46.0 Å². The van der Waals surface area contributed by atoms with Gasteiger partial charge >= 0.3 is 23.5 Å². The van der Waals surface area contributed by atoms with Crippen LogP contribution in [0.5, 0.6) is 28.7 Å². The van der Waals surface area contributed by atoms with Crippen molar-refractivity contribution in [1.82, 2.24) is 9.97 Å². The van der Waals surface area contributed by atoms with Gasteiger partial charge in [0.15, 0.2) is 44.8 Å². The molecule has 6 heterocycles. The Hall–Kier alpha value is -11.3. The smallest absolute Gasteiger partial charge is 0.312 e. The molecular weight excluding hydrogens is 1620 g/mol. The maximum absolute atomic E-state index is 14.9. The van der Waals surface area contributed by atoms with Gasteiger partial charge in [-0.25, -0.2) is 9.97 Å². The molecule has 0 fully saturated rings. The molecule has 0 radical (unpaired) electrons. The highest BCUT2D eigenvalue weighted by Crippen LogP contribution is 2.51. The van der Waals surface area contributed by atoms with Gasteiger partial charge in [-0.2, -0.15) is 0 Å². The fraction of sp³-hybridized carbons (Fsp3) is 0.462. The molecule has 0 unspecified atom stereocenters. The molecule has 4 aliphatic rings. The molecule has 31 heteroatoms. The molecule has 664 valence electrons. The maximum atomic E-state index is 14.9. The first-order valence-corrected chi connectivity index (χ1v) is 44.1. The standard InChI is InChI=1S/C49H62N2O13Si.C44H50N2O13/c1-23-17-15-18-24(2)47(58)51-38-42(56)34-33(37-45(38)62-31-19-16-20-32(36(31)50-37)64-65(13,14)48(8,9)10)35-44(28(6)41(34)55)63-49(11,46(35)57)60-22-21-30(59-12)25(3)43(61-29(7)52)27(5)40(54)26(4)39(23)53;1-18-16-26(48)32-28(17-18)58-41-33(45-32)29-30-37(51)24(7)40-31(29)42(53)44(9,59-40)56-15-14-27(55-10)21(4)39(57-25(8)47)23(6)36(50)22(5)35(49)19(2)12-11-13-20(3)43(54)46-34(41)38(30)52/h15-23,25-27,30,39-40,43,53-54,56H,1-14H3,(H,51,58);11-17,19,21-23,27,35-36,39,49-51,53H,1-10H3,(H,46,54)/b17-15+,22-21+,24-18-;12-11+,15-14+,20-13-/t23-,25+,26+,27+,30-,39-,40+,43+,49-;19-,21+,22+,23+,27-,35-,36+,39+,44-/m00/s1. The summed E-state index contributed by atoms with van der Waals surface area (Å²) in [5, 5.41) is 85.9. The summed E-state index contributed by atoms with van der Waals surface area (Å²) in [7, 11) is 0.410. The molecule has 2 amide bonds. The second-order valence-corrected chi connectivity index (χ2v) is 39.8. The summed E-state index contributed by atoms with van der Waals surface area (Å²) in [6.07, 6.45) is 7.14. The fourth-order valence-electron chi connectivity index (χ4n) is 16.3. The van der Waals surface area contributed by atoms with Gasteiger partial charge in [0.25, 0.3) is 25.9 Å². The number of carbonyl (C=O) groups is 5. The minimum atomic E-state index is -2.47. The van der Waals surface area contributed by atoms with Crippen LogP contribution in [0.2, 0.25) is 18.1 Å². The number of aliphatic hydroxyl groups is 5. The summed E-state index contributed by atoms with van der Waals surface area (Å²) >= 11 is 0. The van der Waals surface area contributed by atoms with Crippen LogP contribution in [0.4, 0.5) is 11.4 Å². The van der Waals surface area contributed by atoms with Crippen LogP contribution in [-0.4, -0.2) is 158 Å². The van der Waals surface area contributed by atoms with Gasteiger partial charge in [0.1, 0.15) is 63.1 Å². The predicted molar refractivity (Wildman–Crippen MR) is 469 cm³/mol. The van der Waals surface area contributed by atoms with Crippen LogP contribution in [0.1, 0.15) is 145 Å². The number of Topliss-reactive ketones (excluding diaryl/α,β-unsaturated/α-hetero) is 1. The van der Waals surface area contributed by atoms with E-state index >= 15 is 0 Å². The minimum Gasteiger partial charge on any atom is -0.542 e. The highest BCUT2D eigenvalue weighted by atomic mass is 28.4. The molecule has 124 heavy (non-hydrogen) atoms. The lowest BCUT2D eigenvalue weighted by Gasteiger charge is -2.38. The molecule has 30 nitrogen and oxygen atoms in total. The number of fused-ring (bicyclic) bond motifs is 4. The van der Waals surface area contributed by atoms with E-state index in [9.17, 15) is 74.1 Å². The third kappa shape index (κ3) is 17.4. The van der Waals surface area contributed by atoms with Crippen LogP contribution in [0.3, 0.4) is 0 Å². The summed E-state index contributed by atoms with van der Waals surface area (Å²) in [6, 6.07) is 8.07. The molecule has 9 N–H and O–H groups in total. The second-order valence-electron chi connectivity index (χ2n) is 35.0. The zero-order chi connectivity index (χ0) is 91.7. The topological polar surface area (TPSA) is 437 Å². The Bertz CT molecular complexity index is 6090. The number of esters is 2. The van der Waals surface area contributed by atoms with Crippen LogP contribution >= 0.6 is 0 Å². The molecule has 2 aromatic heterocycles. The quantitative estimate of drug-likeness (QED) is 0.0245. The second kappa shape index (κ2) is 35.7. The SMILES string of the molecule is CO[C@H]1/C=C/O[C@@]2(C)Oc3c(C)c(=O)c4c(O)c(c5oc6cccc(O[Si](C)(C)C(C)(C)C)c6nc5c4c3C2=O)NC(=O)/C(C)=C\C=C\[C@H](C)[C@H](O)[C@@H](C)[C@@H](O)[C@@H](C)[C@H](OC(C)=O)[C@@H]1C.CO[C@H]1/C=C/O[C@@]2(C)Oc3c(C)c(O)c4c(=O)c(c5oc6cc(C)cc(=O)c6nc5c4c3=C2O)NC(=O)/C(C)=C\C=C\[C@H](C)[C@H](O)[C@@H](C)[C@@H](O)[C@@H](C)[C@H](OC(C)=O)[C@@H]1C. The van der Waals surface area contributed by atoms with Gasteiger partial charge in [-0.15, -0.1) is 0 Å². The van der Waals surface area contributed by atoms with Gasteiger partial charge in [-0.3, -0.25) is 38.4 Å². The summed E-state index contributed by atoms with van der Waals surface area (Å²) in [6.45, 7) is 37.3. The molecule has 0 saturated carbocycles. The van der Waals surface area contributed by atoms with Crippen LogP contribution in [-0.2, 0) is 47.6 Å².